The highest BCUT2D eigenvalue weighted by atomic mass is 15.1. The van der Waals surface area contributed by atoms with Crippen LogP contribution in [-0.4, -0.2) is 19.6 Å². The second kappa shape index (κ2) is 6.12. The molecule has 0 aromatic heterocycles. The molecule has 1 fully saturated rings. The lowest BCUT2D eigenvalue weighted by atomic mass is 10.1. The molecule has 0 spiro atoms. The van der Waals surface area contributed by atoms with Crippen molar-refractivity contribution in [3.8, 4) is 0 Å². The zero-order chi connectivity index (χ0) is 13.0. The molecule has 1 N–H and O–H groups in total. The Morgan fingerprint density at radius 3 is 2.56 bits per heavy atom. The van der Waals surface area contributed by atoms with Crippen molar-refractivity contribution in [2.24, 2.45) is 5.92 Å². The van der Waals surface area contributed by atoms with Crippen molar-refractivity contribution in [1.29, 1.82) is 0 Å². The molecule has 0 amide bonds. The molecule has 2 nitrogen and oxygen atoms in total. The third-order valence-corrected chi connectivity index (χ3v) is 3.72. The van der Waals surface area contributed by atoms with Gasteiger partial charge in [-0.1, -0.05) is 13.8 Å². The second-order valence-corrected chi connectivity index (χ2v) is 5.80. The Labute approximate surface area is 111 Å². The average Bonchev–Trinajstić information content (AvgIpc) is 2.84. The summed E-state index contributed by atoms with van der Waals surface area (Å²) in [6.45, 7) is 10.3. The summed E-state index contributed by atoms with van der Waals surface area (Å²) in [7, 11) is 0. The van der Waals surface area contributed by atoms with E-state index in [2.05, 4.69) is 49.2 Å². The van der Waals surface area contributed by atoms with Crippen molar-refractivity contribution >= 4 is 11.4 Å². The van der Waals surface area contributed by atoms with Crippen LogP contribution < -0.4 is 10.2 Å². The molecule has 0 saturated carbocycles. The van der Waals surface area contributed by atoms with Crippen LogP contribution in [0.25, 0.3) is 0 Å². The Kier molecular flexibility index (Phi) is 4.51. The topological polar surface area (TPSA) is 15.3 Å². The number of aryl methyl sites for hydroxylation is 1. The molecular formula is C16H26N2. The number of nitrogens with zero attached hydrogens (tertiary/aromatic N) is 1. The van der Waals surface area contributed by atoms with Crippen molar-refractivity contribution < 1.29 is 0 Å². The maximum atomic E-state index is 3.54. The van der Waals surface area contributed by atoms with E-state index in [-0.39, 0.29) is 0 Å². The molecule has 1 aliphatic rings. The van der Waals surface area contributed by atoms with Gasteiger partial charge in [0, 0.05) is 31.0 Å². The van der Waals surface area contributed by atoms with Gasteiger partial charge in [0.15, 0.2) is 0 Å². The van der Waals surface area contributed by atoms with Gasteiger partial charge in [-0.05, 0) is 55.9 Å². The first kappa shape index (κ1) is 13.3. The van der Waals surface area contributed by atoms with Gasteiger partial charge in [0.2, 0.25) is 0 Å². The molecule has 0 bridgehead atoms. The molecule has 1 aromatic carbocycles. The summed E-state index contributed by atoms with van der Waals surface area (Å²) < 4.78 is 0. The molecule has 100 valence electrons. The summed E-state index contributed by atoms with van der Waals surface area (Å²) in [5.41, 5.74) is 4.04. The highest BCUT2D eigenvalue weighted by Crippen LogP contribution is 2.25. The van der Waals surface area contributed by atoms with Crippen LogP contribution in [0.15, 0.2) is 18.2 Å². The van der Waals surface area contributed by atoms with Gasteiger partial charge in [-0.15, -0.1) is 0 Å². The minimum Gasteiger partial charge on any atom is -0.385 e. The number of anilines is 2. The van der Waals surface area contributed by atoms with Crippen molar-refractivity contribution in [3.63, 3.8) is 0 Å². The average molecular weight is 246 g/mol. The zero-order valence-corrected chi connectivity index (χ0v) is 12.0. The van der Waals surface area contributed by atoms with E-state index < -0.39 is 0 Å². The summed E-state index contributed by atoms with van der Waals surface area (Å²) in [6, 6.07) is 6.82. The molecular weight excluding hydrogens is 220 g/mol. The van der Waals surface area contributed by atoms with Crippen LogP contribution in [0.4, 0.5) is 11.4 Å². The number of nitrogens with one attached hydrogen (secondary N) is 1. The van der Waals surface area contributed by atoms with Gasteiger partial charge in [0.05, 0.1) is 0 Å². The molecule has 2 rings (SSSR count). The molecule has 0 atom stereocenters. The molecule has 0 aliphatic carbocycles. The van der Waals surface area contributed by atoms with Crippen LogP contribution >= 0.6 is 0 Å². The normalized spacial score (nSPS) is 15.4. The van der Waals surface area contributed by atoms with E-state index in [0.29, 0.717) is 0 Å². The number of hydrogen-bond donors (Lipinski definition) is 1. The molecule has 0 unspecified atom stereocenters. The lowest BCUT2D eigenvalue weighted by Gasteiger charge is -2.19. The highest BCUT2D eigenvalue weighted by molar-refractivity contribution is 5.60. The Morgan fingerprint density at radius 2 is 1.94 bits per heavy atom. The van der Waals surface area contributed by atoms with Gasteiger partial charge in [-0.25, -0.2) is 0 Å². The summed E-state index contributed by atoms with van der Waals surface area (Å²) in [5, 5.41) is 3.54. The van der Waals surface area contributed by atoms with Crippen LogP contribution in [0.1, 0.15) is 38.7 Å². The van der Waals surface area contributed by atoms with E-state index >= 15 is 0 Å². The summed E-state index contributed by atoms with van der Waals surface area (Å²) >= 11 is 0. The Balaban J connectivity index is 1.96. The van der Waals surface area contributed by atoms with Crippen LogP contribution in [0.2, 0.25) is 0 Å². The number of benzene rings is 1. The van der Waals surface area contributed by atoms with Crippen LogP contribution in [0.5, 0.6) is 0 Å². The van der Waals surface area contributed by atoms with E-state index in [9.17, 15) is 0 Å². The van der Waals surface area contributed by atoms with Crippen molar-refractivity contribution in [3.05, 3.63) is 23.8 Å². The number of hydrogen-bond acceptors (Lipinski definition) is 2. The maximum Gasteiger partial charge on any atom is 0.0371 e. The third kappa shape index (κ3) is 3.41. The van der Waals surface area contributed by atoms with E-state index in [1.165, 1.54) is 49.3 Å². The molecule has 1 saturated heterocycles. The van der Waals surface area contributed by atoms with Gasteiger partial charge in [0.25, 0.3) is 0 Å². The van der Waals surface area contributed by atoms with Crippen molar-refractivity contribution in [2.45, 2.75) is 40.0 Å². The fourth-order valence-corrected chi connectivity index (χ4v) is 2.51. The van der Waals surface area contributed by atoms with Crippen LogP contribution in [0.3, 0.4) is 0 Å². The van der Waals surface area contributed by atoms with E-state index in [4.69, 9.17) is 0 Å². The first-order valence-corrected chi connectivity index (χ1v) is 7.26. The fourth-order valence-electron chi connectivity index (χ4n) is 2.51. The Bertz CT molecular complexity index is 379. The molecule has 1 aromatic rings. The standard InChI is InChI=1S/C16H26N2/c1-13(2)8-9-17-16-7-6-15(12-14(16)3)18-10-4-5-11-18/h6-7,12-13,17H,4-5,8-11H2,1-3H3. The minimum atomic E-state index is 0.765. The van der Waals surface area contributed by atoms with E-state index in [0.717, 1.165) is 12.5 Å². The minimum absolute atomic E-state index is 0.765. The van der Waals surface area contributed by atoms with Crippen LogP contribution in [0, 0.1) is 12.8 Å². The van der Waals surface area contributed by atoms with Gasteiger partial charge in [-0.3, -0.25) is 0 Å². The van der Waals surface area contributed by atoms with Gasteiger partial charge < -0.3 is 10.2 Å². The molecule has 18 heavy (non-hydrogen) atoms. The zero-order valence-electron chi connectivity index (χ0n) is 12.0. The number of rotatable bonds is 5. The fraction of sp³-hybridized carbons (Fsp3) is 0.625. The van der Waals surface area contributed by atoms with Crippen molar-refractivity contribution in [2.75, 3.05) is 29.9 Å². The molecule has 2 heteroatoms. The maximum absolute atomic E-state index is 3.54. The monoisotopic (exact) mass is 246 g/mol. The molecule has 1 heterocycles. The molecule has 0 radical (unpaired) electrons. The van der Waals surface area contributed by atoms with E-state index in [1.807, 2.05) is 0 Å². The van der Waals surface area contributed by atoms with E-state index in [1.54, 1.807) is 0 Å². The highest BCUT2D eigenvalue weighted by Gasteiger charge is 2.12. The first-order valence-electron chi connectivity index (χ1n) is 7.26. The predicted octanol–water partition coefficient (Wildman–Crippen LogP) is 4.05. The van der Waals surface area contributed by atoms with Gasteiger partial charge in [-0.2, -0.15) is 0 Å². The summed E-state index contributed by atoms with van der Waals surface area (Å²) in [5.74, 6) is 0.765. The summed E-state index contributed by atoms with van der Waals surface area (Å²) in [4.78, 5) is 2.49. The third-order valence-electron chi connectivity index (χ3n) is 3.72. The first-order chi connectivity index (χ1) is 8.66. The smallest absolute Gasteiger partial charge is 0.0371 e. The molecule has 1 aliphatic heterocycles. The van der Waals surface area contributed by atoms with Gasteiger partial charge >= 0.3 is 0 Å². The summed E-state index contributed by atoms with van der Waals surface area (Å²) in [6.07, 6.45) is 3.91. The predicted molar refractivity (Wildman–Crippen MR) is 80.6 cm³/mol. The lowest BCUT2D eigenvalue weighted by Crippen LogP contribution is -2.17. The Morgan fingerprint density at radius 1 is 1.22 bits per heavy atom. The Hall–Kier alpha value is -1.18. The van der Waals surface area contributed by atoms with Crippen LogP contribution in [-0.2, 0) is 0 Å². The van der Waals surface area contributed by atoms with Gasteiger partial charge in [0.1, 0.15) is 0 Å². The van der Waals surface area contributed by atoms with Crippen molar-refractivity contribution in [1.82, 2.24) is 0 Å². The largest absolute Gasteiger partial charge is 0.385 e. The lowest BCUT2D eigenvalue weighted by molar-refractivity contribution is 0.607. The SMILES string of the molecule is Cc1cc(N2CCCC2)ccc1NCCC(C)C. The second-order valence-electron chi connectivity index (χ2n) is 5.80. The quantitative estimate of drug-likeness (QED) is 0.843.